The molecule has 0 bridgehead atoms. The molecule has 0 aliphatic carbocycles. The van der Waals surface area contributed by atoms with Crippen LogP contribution in [-0.2, 0) is 4.74 Å². The van der Waals surface area contributed by atoms with E-state index in [1.807, 2.05) is 0 Å². The smallest absolute Gasteiger partial charge is 0.319 e. The number of rotatable bonds is 8. The zero-order valence-electron chi connectivity index (χ0n) is 10.4. The van der Waals surface area contributed by atoms with Crippen molar-refractivity contribution in [2.75, 3.05) is 31.6 Å². The van der Waals surface area contributed by atoms with E-state index in [4.69, 9.17) is 10.5 Å². The van der Waals surface area contributed by atoms with Crippen LogP contribution in [0.5, 0.6) is 0 Å². The van der Waals surface area contributed by atoms with Gasteiger partial charge in [0, 0.05) is 25.4 Å². The second-order valence-corrected chi connectivity index (χ2v) is 3.78. The van der Waals surface area contributed by atoms with Crippen LogP contribution in [0.3, 0.4) is 0 Å². The minimum absolute atomic E-state index is 0.205. The molecule has 0 unspecified atom stereocenters. The van der Waals surface area contributed by atoms with Crippen molar-refractivity contribution in [1.29, 1.82) is 0 Å². The molecule has 4 N–H and O–H groups in total. The fraction of sp³-hybridized carbons (Fsp3) is 0.462. The van der Waals surface area contributed by atoms with Crippen LogP contribution in [0.1, 0.15) is 12.8 Å². The van der Waals surface area contributed by atoms with Crippen LogP contribution < -0.4 is 16.4 Å². The number of urea groups is 1. The Morgan fingerprint density at radius 1 is 1.28 bits per heavy atom. The summed E-state index contributed by atoms with van der Waals surface area (Å²) in [5.74, 6) is 0. The molecule has 0 spiro atoms. The molecule has 0 aliphatic rings. The molecule has 0 atom stereocenters. The van der Waals surface area contributed by atoms with E-state index in [1.54, 1.807) is 24.3 Å². The third kappa shape index (κ3) is 6.88. The van der Waals surface area contributed by atoms with Crippen molar-refractivity contribution in [3.8, 4) is 0 Å². The number of nitrogens with two attached hydrogens (primary N) is 1. The SMILES string of the molecule is NCCCOCCCNC(=O)Nc1cc[c]cc1. The average Bonchev–Trinajstić information content (AvgIpc) is 2.39. The summed E-state index contributed by atoms with van der Waals surface area (Å²) in [4.78, 5) is 11.5. The third-order valence-corrected chi connectivity index (χ3v) is 2.22. The first kappa shape index (κ1) is 14.5. The summed E-state index contributed by atoms with van der Waals surface area (Å²) in [5, 5.41) is 5.48. The van der Waals surface area contributed by atoms with E-state index in [0.717, 1.165) is 18.5 Å². The highest BCUT2D eigenvalue weighted by atomic mass is 16.5. The zero-order chi connectivity index (χ0) is 13.1. The summed E-state index contributed by atoms with van der Waals surface area (Å²) in [7, 11) is 0. The summed E-state index contributed by atoms with van der Waals surface area (Å²) >= 11 is 0. The molecule has 18 heavy (non-hydrogen) atoms. The predicted molar refractivity (Wildman–Crippen MR) is 71.4 cm³/mol. The van der Waals surface area contributed by atoms with Crippen molar-refractivity contribution >= 4 is 11.7 Å². The summed E-state index contributed by atoms with van der Waals surface area (Å²) in [5.41, 5.74) is 6.09. The Morgan fingerprint density at radius 2 is 2.00 bits per heavy atom. The fourth-order valence-electron chi connectivity index (χ4n) is 1.31. The van der Waals surface area contributed by atoms with Gasteiger partial charge in [0.05, 0.1) is 0 Å². The topological polar surface area (TPSA) is 76.4 Å². The largest absolute Gasteiger partial charge is 0.381 e. The van der Waals surface area contributed by atoms with Crippen LogP contribution in [0.2, 0.25) is 0 Å². The van der Waals surface area contributed by atoms with Gasteiger partial charge in [-0.25, -0.2) is 4.79 Å². The van der Waals surface area contributed by atoms with E-state index in [9.17, 15) is 4.79 Å². The van der Waals surface area contributed by atoms with Crippen molar-refractivity contribution in [3.05, 3.63) is 30.3 Å². The van der Waals surface area contributed by atoms with Crippen LogP contribution in [0.15, 0.2) is 24.3 Å². The second-order valence-electron chi connectivity index (χ2n) is 3.78. The fourth-order valence-corrected chi connectivity index (χ4v) is 1.31. The summed E-state index contributed by atoms with van der Waals surface area (Å²) in [6.45, 7) is 2.56. The van der Waals surface area contributed by atoms with Crippen LogP contribution in [0.4, 0.5) is 10.5 Å². The predicted octanol–water partition coefficient (Wildman–Crippen LogP) is 1.36. The molecule has 0 saturated carbocycles. The third-order valence-electron chi connectivity index (χ3n) is 2.22. The Morgan fingerprint density at radius 3 is 2.72 bits per heavy atom. The molecular formula is C13H20N3O2. The maximum Gasteiger partial charge on any atom is 0.319 e. The Kier molecular flexibility index (Phi) is 7.59. The van der Waals surface area contributed by atoms with Crippen LogP contribution in [-0.4, -0.2) is 32.3 Å². The molecule has 5 heteroatoms. The van der Waals surface area contributed by atoms with Crippen molar-refractivity contribution < 1.29 is 9.53 Å². The number of amides is 2. The van der Waals surface area contributed by atoms with Crippen molar-refractivity contribution in [3.63, 3.8) is 0 Å². The van der Waals surface area contributed by atoms with E-state index in [-0.39, 0.29) is 6.03 Å². The number of carbonyl (C=O) groups excluding carboxylic acids is 1. The highest BCUT2D eigenvalue weighted by Crippen LogP contribution is 2.03. The van der Waals surface area contributed by atoms with Gasteiger partial charge in [0.1, 0.15) is 0 Å². The first-order valence-corrected chi connectivity index (χ1v) is 6.11. The average molecular weight is 250 g/mol. The molecule has 1 radical (unpaired) electrons. The van der Waals surface area contributed by atoms with Crippen molar-refractivity contribution in [2.24, 2.45) is 5.73 Å². The van der Waals surface area contributed by atoms with Crippen LogP contribution in [0.25, 0.3) is 0 Å². The van der Waals surface area contributed by atoms with Gasteiger partial charge in [-0.1, -0.05) is 12.1 Å². The molecule has 1 aromatic rings. The molecule has 0 fully saturated rings. The number of carbonyl (C=O) groups is 1. The van der Waals surface area contributed by atoms with Crippen LogP contribution >= 0.6 is 0 Å². The summed E-state index contributed by atoms with van der Waals surface area (Å²) < 4.78 is 5.32. The number of hydrogen-bond acceptors (Lipinski definition) is 3. The van der Waals surface area contributed by atoms with Gasteiger partial charge in [-0.3, -0.25) is 0 Å². The molecule has 0 heterocycles. The zero-order valence-corrected chi connectivity index (χ0v) is 10.4. The molecular weight excluding hydrogens is 230 g/mol. The van der Waals surface area contributed by atoms with Crippen molar-refractivity contribution in [1.82, 2.24) is 5.32 Å². The molecule has 1 rings (SSSR count). The Labute approximate surface area is 108 Å². The summed E-state index contributed by atoms with van der Waals surface area (Å²) in [6, 6.07) is 9.76. The molecule has 5 nitrogen and oxygen atoms in total. The van der Waals surface area contributed by atoms with Crippen molar-refractivity contribution in [2.45, 2.75) is 12.8 Å². The maximum absolute atomic E-state index is 11.5. The standard InChI is InChI=1S/C13H20N3O2/c14-8-4-10-18-11-5-9-15-13(17)16-12-6-2-1-3-7-12/h2-3,6-7H,4-5,8-11,14H2,(H2,15,16,17). The minimum atomic E-state index is -0.205. The number of nitrogens with one attached hydrogen (secondary N) is 2. The highest BCUT2D eigenvalue weighted by molar-refractivity contribution is 5.89. The highest BCUT2D eigenvalue weighted by Gasteiger charge is 1.99. The Hall–Kier alpha value is -1.59. The maximum atomic E-state index is 11.5. The molecule has 1 aromatic carbocycles. The number of hydrogen-bond donors (Lipinski definition) is 3. The van der Waals surface area contributed by atoms with Gasteiger partial charge in [-0.2, -0.15) is 0 Å². The molecule has 99 valence electrons. The normalized spacial score (nSPS) is 10.1. The monoisotopic (exact) mass is 250 g/mol. The van der Waals surface area contributed by atoms with E-state index in [0.29, 0.717) is 26.3 Å². The summed E-state index contributed by atoms with van der Waals surface area (Å²) in [6.07, 6.45) is 1.67. The lowest BCUT2D eigenvalue weighted by atomic mass is 10.3. The number of anilines is 1. The van der Waals surface area contributed by atoms with E-state index in [1.165, 1.54) is 0 Å². The lowest BCUT2D eigenvalue weighted by molar-refractivity contribution is 0.131. The Bertz CT molecular complexity index is 330. The first-order valence-electron chi connectivity index (χ1n) is 6.11. The quantitative estimate of drug-likeness (QED) is 0.610. The van der Waals surface area contributed by atoms with Gasteiger partial charge in [-0.05, 0) is 37.6 Å². The van der Waals surface area contributed by atoms with Gasteiger partial charge in [0.25, 0.3) is 0 Å². The number of ether oxygens (including phenoxy) is 1. The second kappa shape index (κ2) is 9.44. The molecule has 0 aromatic heterocycles. The van der Waals surface area contributed by atoms with Gasteiger partial charge < -0.3 is 21.1 Å². The van der Waals surface area contributed by atoms with Gasteiger partial charge in [0.2, 0.25) is 0 Å². The minimum Gasteiger partial charge on any atom is -0.381 e. The van der Waals surface area contributed by atoms with Gasteiger partial charge in [-0.15, -0.1) is 0 Å². The van der Waals surface area contributed by atoms with E-state index >= 15 is 0 Å². The molecule has 2 amide bonds. The number of benzene rings is 1. The van der Waals surface area contributed by atoms with E-state index < -0.39 is 0 Å². The lowest BCUT2D eigenvalue weighted by Gasteiger charge is -2.07. The molecule has 0 saturated heterocycles. The van der Waals surface area contributed by atoms with E-state index in [2.05, 4.69) is 16.7 Å². The first-order chi connectivity index (χ1) is 8.83. The van der Waals surface area contributed by atoms with Gasteiger partial charge in [0.15, 0.2) is 0 Å². The van der Waals surface area contributed by atoms with Crippen LogP contribution in [0, 0.1) is 6.07 Å². The van der Waals surface area contributed by atoms with Gasteiger partial charge >= 0.3 is 6.03 Å². The molecule has 0 aliphatic heterocycles. The lowest BCUT2D eigenvalue weighted by Crippen LogP contribution is -2.30. The Balaban J connectivity index is 2.00.